The van der Waals surface area contributed by atoms with Crippen LogP contribution < -0.4 is 0 Å². The summed E-state index contributed by atoms with van der Waals surface area (Å²) in [6.45, 7) is 0.841. The molecule has 2 aliphatic rings. The van der Waals surface area contributed by atoms with Crippen LogP contribution in [0.15, 0.2) is 54.7 Å². The molecule has 5 nitrogen and oxygen atoms in total. The summed E-state index contributed by atoms with van der Waals surface area (Å²) in [5.74, 6) is -1.12. The zero-order valence-corrected chi connectivity index (χ0v) is 14.5. The van der Waals surface area contributed by atoms with E-state index in [-0.39, 0.29) is 23.7 Å². The Morgan fingerprint density at radius 1 is 1.04 bits per heavy atom. The molecule has 1 aromatic carbocycles. The van der Waals surface area contributed by atoms with Gasteiger partial charge < -0.3 is 10.0 Å². The van der Waals surface area contributed by atoms with Crippen molar-refractivity contribution in [3.05, 3.63) is 66.0 Å². The van der Waals surface area contributed by atoms with Gasteiger partial charge in [0, 0.05) is 36.8 Å². The van der Waals surface area contributed by atoms with Crippen molar-refractivity contribution < 1.29 is 14.7 Å². The fraction of sp³-hybridized carbons (Fsp3) is 0.381. The monoisotopic (exact) mass is 350 g/mol. The van der Waals surface area contributed by atoms with Gasteiger partial charge in [-0.05, 0) is 36.5 Å². The first-order chi connectivity index (χ1) is 12.6. The molecule has 1 aliphatic heterocycles. The van der Waals surface area contributed by atoms with E-state index in [0.29, 0.717) is 19.5 Å². The highest BCUT2D eigenvalue weighted by atomic mass is 16.4. The average molecular weight is 350 g/mol. The summed E-state index contributed by atoms with van der Waals surface area (Å²) in [5.41, 5.74) is 2.08. The molecule has 2 heterocycles. The standard InChI is InChI=1S/C21H22N2O3/c24-20(17-11-16(17)19-8-4-5-9-22-19)23-12-15(18(13-23)21(25)26)10-14-6-2-1-3-7-14/h1-9,15-18H,10-13H2,(H,25,26)/t15-,16-,17-,18-/m1/s1. The van der Waals surface area contributed by atoms with E-state index in [1.807, 2.05) is 48.5 Å². The lowest BCUT2D eigenvalue weighted by Crippen LogP contribution is -2.31. The van der Waals surface area contributed by atoms with Crippen molar-refractivity contribution in [3.8, 4) is 0 Å². The summed E-state index contributed by atoms with van der Waals surface area (Å²) in [5, 5.41) is 9.60. The molecule has 134 valence electrons. The van der Waals surface area contributed by atoms with E-state index in [1.165, 1.54) is 0 Å². The Balaban J connectivity index is 1.43. The van der Waals surface area contributed by atoms with Crippen LogP contribution in [0.2, 0.25) is 0 Å². The average Bonchev–Trinajstić information content (AvgIpc) is 3.36. The number of aliphatic carboxylic acids is 1. The summed E-state index contributed by atoms with van der Waals surface area (Å²) in [6.07, 6.45) is 3.25. The molecule has 1 amide bonds. The Hall–Kier alpha value is -2.69. The van der Waals surface area contributed by atoms with Crippen LogP contribution in [0.5, 0.6) is 0 Å². The molecule has 1 aliphatic carbocycles. The van der Waals surface area contributed by atoms with Crippen LogP contribution in [0.4, 0.5) is 0 Å². The van der Waals surface area contributed by atoms with Crippen LogP contribution in [0.3, 0.4) is 0 Å². The minimum absolute atomic E-state index is 0.0362. The van der Waals surface area contributed by atoms with Crippen LogP contribution in [0.1, 0.15) is 23.6 Å². The Labute approximate surface area is 152 Å². The van der Waals surface area contributed by atoms with Gasteiger partial charge in [0.15, 0.2) is 0 Å². The molecule has 5 heteroatoms. The third-order valence-corrected chi connectivity index (χ3v) is 5.59. The van der Waals surface area contributed by atoms with E-state index in [1.54, 1.807) is 11.1 Å². The van der Waals surface area contributed by atoms with Crippen LogP contribution in [-0.2, 0) is 16.0 Å². The van der Waals surface area contributed by atoms with Gasteiger partial charge in [0.2, 0.25) is 5.91 Å². The van der Waals surface area contributed by atoms with Crippen LogP contribution in [-0.4, -0.2) is 40.0 Å². The number of hydrogen-bond donors (Lipinski definition) is 1. The topological polar surface area (TPSA) is 70.5 Å². The number of pyridine rings is 1. The van der Waals surface area contributed by atoms with Gasteiger partial charge in [0.1, 0.15) is 0 Å². The number of carboxylic acids is 1. The summed E-state index contributed by atoms with van der Waals surface area (Å²) >= 11 is 0. The molecule has 0 radical (unpaired) electrons. The Kier molecular flexibility index (Phi) is 4.45. The molecule has 2 fully saturated rings. The number of rotatable bonds is 5. The second-order valence-corrected chi connectivity index (χ2v) is 7.34. The number of nitrogens with zero attached hydrogens (tertiary/aromatic N) is 2. The van der Waals surface area contributed by atoms with Gasteiger partial charge >= 0.3 is 5.97 Å². The molecular formula is C21H22N2O3. The zero-order chi connectivity index (χ0) is 18.1. The molecule has 0 bridgehead atoms. The first-order valence-electron chi connectivity index (χ1n) is 9.10. The molecule has 1 saturated carbocycles. The van der Waals surface area contributed by atoms with E-state index in [2.05, 4.69) is 4.98 Å². The lowest BCUT2D eigenvalue weighted by molar-refractivity contribution is -0.142. The number of carboxylic acid groups (broad SMARTS) is 1. The van der Waals surface area contributed by atoms with Crippen LogP contribution in [0.25, 0.3) is 0 Å². The number of carbonyl (C=O) groups excluding carboxylic acids is 1. The number of carbonyl (C=O) groups is 2. The van der Waals surface area contributed by atoms with Gasteiger partial charge in [-0.2, -0.15) is 0 Å². The fourth-order valence-corrected chi connectivity index (χ4v) is 4.08. The van der Waals surface area contributed by atoms with E-state index in [4.69, 9.17) is 0 Å². The molecule has 4 rings (SSSR count). The third-order valence-electron chi connectivity index (χ3n) is 5.59. The normalized spacial score (nSPS) is 27.3. The molecule has 2 aromatic rings. The van der Waals surface area contributed by atoms with Crippen molar-refractivity contribution in [2.45, 2.75) is 18.8 Å². The predicted molar refractivity (Wildman–Crippen MR) is 96.4 cm³/mol. The molecule has 0 unspecified atom stereocenters. The van der Waals surface area contributed by atoms with E-state index in [0.717, 1.165) is 17.7 Å². The molecule has 26 heavy (non-hydrogen) atoms. The number of aromatic nitrogens is 1. The summed E-state index contributed by atoms with van der Waals surface area (Å²) < 4.78 is 0. The molecule has 4 atom stereocenters. The highest BCUT2D eigenvalue weighted by molar-refractivity contribution is 5.84. The molecular weight excluding hydrogens is 328 g/mol. The third kappa shape index (κ3) is 3.34. The SMILES string of the molecule is O=C(O)[C@@H]1CN(C(=O)[C@@H]2C[C@H]2c2ccccn2)C[C@H]1Cc1ccccc1. The lowest BCUT2D eigenvalue weighted by Gasteiger charge is -2.16. The number of benzene rings is 1. The summed E-state index contributed by atoms with van der Waals surface area (Å²) in [6, 6.07) is 15.7. The number of likely N-dealkylation sites (tertiary alicyclic amines) is 1. The maximum Gasteiger partial charge on any atom is 0.308 e. The Morgan fingerprint density at radius 3 is 2.50 bits per heavy atom. The van der Waals surface area contributed by atoms with Crippen molar-refractivity contribution >= 4 is 11.9 Å². The Bertz CT molecular complexity index is 793. The van der Waals surface area contributed by atoms with Gasteiger partial charge in [0.25, 0.3) is 0 Å². The van der Waals surface area contributed by atoms with Gasteiger partial charge in [-0.3, -0.25) is 14.6 Å². The van der Waals surface area contributed by atoms with E-state index < -0.39 is 11.9 Å². The van der Waals surface area contributed by atoms with Crippen molar-refractivity contribution in [1.82, 2.24) is 9.88 Å². The van der Waals surface area contributed by atoms with Gasteiger partial charge in [-0.25, -0.2) is 0 Å². The summed E-state index contributed by atoms with van der Waals surface area (Å²) in [7, 11) is 0. The fourth-order valence-electron chi connectivity index (χ4n) is 4.08. The van der Waals surface area contributed by atoms with Gasteiger partial charge in [-0.1, -0.05) is 36.4 Å². The molecule has 1 saturated heterocycles. The Morgan fingerprint density at radius 2 is 1.81 bits per heavy atom. The predicted octanol–water partition coefficient (Wildman–Crippen LogP) is 2.59. The maximum absolute atomic E-state index is 12.9. The zero-order valence-electron chi connectivity index (χ0n) is 14.5. The van der Waals surface area contributed by atoms with Gasteiger partial charge in [-0.15, -0.1) is 0 Å². The largest absolute Gasteiger partial charge is 0.481 e. The second kappa shape index (κ2) is 6.90. The van der Waals surface area contributed by atoms with E-state index >= 15 is 0 Å². The highest BCUT2D eigenvalue weighted by Crippen LogP contribution is 2.48. The minimum atomic E-state index is -0.807. The smallest absolute Gasteiger partial charge is 0.308 e. The number of hydrogen-bond acceptors (Lipinski definition) is 3. The van der Waals surface area contributed by atoms with Crippen molar-refractivity contribution in [1.29, 1.82) is 0 Å². The maximum atomic E-state index is 12.9. The summed E-state index contributed by atoms with van der Waals surface area (Å²) in [4.78, 5) is 30.7. The van der Waals surface area contributed by atoms with Crippen molar-refractivity contribution in [3.63, 3.8) is 0 Å². The van der Waals surface area contributed by atoms with Crippen molar-refractivity contribution in [2.24, 2.45) is 17.8 Å². The quantitative estimate of drug-likeness (QED) is 0.900. The van der Waals surface area contributed by atoms with Crippen molar-refractivity contribution in [2.75, 3.05) is 13.1 Å². The van der Waals surface area contributed by atoms with Gasteiger partial charge in [0.05, 0.1) is 5.92 Å². The minimum Gasteiger partial charge on any atom is -0.481 e. The lowest BCUT2D eigenvalue weighted by atomic mass is 9.90. The van der Waals surface area contributed by atoms with E-state index in [9.17, 15) is 14.7 Å². The molecule has 0 spiro atoms. The van der Waals surface area contributed by atoms with Crippen LogP contribution >= 0.6 is 0 Å². The highest BCUT2D eigenvalue weighted by Gasteiger charge is 2.49. The molecule has 1 N–H and O–H groups in total. The van der Waals surface area contributed by atoms with Crippen LogP contribution in [0, 0.1) is 17.8 Å². The first-order valence-corrected chi connectivity index (χ1v) is 9.10. The number of amides is 1. The second-order valence-electron chi connectivity index (χ2n) is 7.34. The molecule has 1 aromatic heterocycles. The first kappa shape index (κ1) is 16.8.